The van der Waals surface area contributed by atoms with Gasteiger partial charge in [-0.3, -0.25) is 0 Å². The fourth-order valence-electron chi connectivity index (χ4n) is 3.85. The van der Waals surface area contributed by atoms with E-state index in [-0.39, 0.29) is 0 Å². The van der Waals surface area contributed by atoms with Gasteiger partial charge in [-0.25, -0.2) is 0 Å². The summed E-state index contributed by atoms with van der Waals surface area (Å²) < 4.78 is 0. The van der Waals surface area contributed by atoms with Crippen LogP contribution in [-0.2, 0) is 0 Å². The second kappa shape index (κ2) is 26.2. The van der Waals surface area contributed by atoms with Crippen LogP contribution in [0.2, 0.25) is 0 Å². The number of hydrogen-bond acceptors (Lipinski definition) is 2. The lowest BCUT2D eigenvalue weighted by atomic mass is 9.93. The van der Waals surface area contributed by atoms with E-state index < -0.39 is 5.09 Å². The Morgan fingerprint density at radius 3 is 1.21 bits per heavy atom. The summed E-state index contributed by atoms with van der Waals surface area (Å²) in [6.45, 7) is 7.00. The summed E-state index contributed by atoms with van der Waals surface area (Å²) >= 11 is 0. The molecular formula is C24H51NO3. The highest BCUT2D eigenvalue weighted by Crippen LogP contribution is 2.20. The van der Waals surface area contributed by atoms with Crippen LogP contribution in [0.25, 0.3) is 0 Å². The van der Waals surface area contributed by atoms with Crippen molar-refractivity contribution in [3.8, 4) is 0 Å². The summed E-state index contributed by atoms with van der Waals surface area (Å²) in [5, 5.41) is 13.6. The van der Waals surface area contributed by atoms with Crippen LogP contribution in [0.1, 0.15) is 149 Å². The van der Waals surface area contributed by atoms with Gasteiger partial charge in [0, 0.05) is 0 Å². The molecule has 1 N–H and O–H groups in total. The fourth-order valence-corrected chi connectivity index (χ4v) is 3.85. The van der Waals surface area contributed by atoms with Gasteiger partial charge < -0.3 is 5.21 Å². The number of hydrogen-bond donors (Lipinski definition) is 1. The molecule has 28 heavy (non-hydrogen) atoms. The topological polar surface area (TPSA) is 63.4 Å². The molecule has 0 bridgehead atoms. The quantitative estimate of drug-likeness (QED) is 0.126. The highest BCUT2D eigenvalue weighted by molar-refractivity contribution is 4.58. The molecule has 0 saturated heterocycles. The first kappa shape index (κ1) is 29.4. The minimum atomic E-state index is -1.50. The SMILES string of the molecule is CCCCCCCCCCCCCCCCCC(CC)CCCC.O=[N+]([O-])O. The lowest BCUT2D eigenvalue weighted by Crippen LogP contribution is -1.98. The van der Waals surface area contributed by atoms with Gasteiger partial charge in [0.15, 0.2) is 0 Å². The van der Waals surface area contributed by atoms with E-state index in [9.17, 15) is 0 Å². The van der Waals surface area contributed by atoms with Gasteiger partial charge in [0.2, 0.25) is 0 Å². The van der Waals surface area contributed by atoms with Crippen LogP contribution in [0.4, 0.5) is 0 Å². The first-order valence-electron chi connectivity index (χ1n) is 12.4. The van der Waals surface area contributed by atoms with Gasteiger partial charge in [-0.1, -0.05) is 149 Å². The Kier molecular flexibility index (Phi) is 27.5. The van der Waals surface area contributed by atoms with Crippen molar-refractivity contribution in [2.24, 2.45) is 5.92 Å². The van der Waals surface area contributed by atoms with E-state index in [0.717, 1.165) is 5.92 Å². The average Bonchev–Trinajstić information content (AvgIpc) is 2.66. The third kappa shape index (κ3) is 29.9. The molecule has 0 spiro atoms. The van der Waals surface area contributed by atoms with Crippen molar-refractivity contribution in [3.63, 3.8) is 0 Å². The number of unbranched alkanes of at least 4 members (excludes halogenated alkanes) is 15. The Labute approximate surface area is 176 Å². The Hall–Kier alpha value is -0.800. The minimum absolute atomic E-state index is 1.02. The molecule has 0 aliphatic rings. The first-order chi connectivity index (χ1) is 13.6. The molecule has 0 aromatic rings. The summed E-state index contributed by atoms with van der Waals surface area (Å²) in [5.41, 5.74) is 0. The van der Waals surface area contributed by atoms with E-state index >= 15 is 0 Å². The molecule has 4 nitrogen and oxygen atoms in total. The molecule has 4 heteroatoms. The van der Waals surface area contributed by atoms with Gasteiger partial charge >= 0.3 is 0 Å². The molecule has 0 fully saturated rings. The zero-order valence-electron chi connectivity index (χ0n) is 19.4. The molecular weight excluding hydrogens is 350 g/mol. The molecule has 0 aromatic heterocycles. The Morgan fingerprint density at radius 2 is 0.893 bits per heavy atom. The summed E-state index contributed by atoms with van der Waals surface area (Å²) in [4.78, 5) is 8.36. The monoisotopic (exact) mass is 401 g/mol. The average molecular weight is 402 g/mol. The van der Waals surface area contributed by atoms with E-state index in [4.69, 9.17) is 15.3 Å². The molecule has 0 saturated carbocycles. The van der Waals surface area contributed by atoms with Crippen molar-refractivity contribution in [2.45, 2.75) is 149 Å². The predicted octanol–water partition coefficient (Wildman–Crippen LogP) is 9.12. The van der Waals surface area contributed by atoms with Crippen LogP contribution in [-0.4, -0.2) is 10.3 Å². The molecule has 1 unspecified atom stereocenters. The van der Waals surface area contributed by atoms with E-state index in [0.29, 0.717) is 0 Å². The maximum atomic E-state index is 8.36. The summed E-state index contributed by atoms with van der Waals surface area (Å²) in [5.74, 6) is 1.02. The maximum Gasteiger partial charge on any atom is 0.291 e. The van der Waals surface area contributed by atoms with Gasteiger partial charge in [0.05, 0.1) is 0 Å². The van der Waals surface area contributed by atoms with Crippen molar-refractivity contribution in [1.29, 1.82) is 0 Å². The van der Waals surface area contributed by atoms with Crippen molar-refractivity contribution in [1.82, 2.24) is 0 Å². The summed E-state index contributed by atoms with van der Waals surface area (Å²) in [6.07, 6.45) is 29.3. The van der Waals surface area contributed by atoms with Gasteiger partial charge in [0.25, 0.3) is 5.09 Å². The molecule has 0 amide bonds. The van der Waals surface area contributed by atoms with Crippen molar-refractivity contribution in [2.75, 3.05) is 0 Å². The van der Waals surface area contributed by atoms with Crippen LogP contribution >= 0.6 is 0 Å². The minimum Gasteiger partial charge on any atom is -0.328 e. The van der Waals surface area contributed by atoms with Crippen LogP contribution in [0.15, 0.2) is 0 Å². The molecule has 170 valence electrons. The molecule has 0 aliphatic carbocycles. The largest absolute Gasteiger partial charge is 0.328 e. The van der Waals surface area contributed by atoms with Gasteiger partial charge in [0.1, 0.15) is 0 Å². The van der Waals surface area contributed by atoms with Crippen LogP contribution in [0, 0.1) is 16.0 Å². The third-order valence-corrected chi connectivity index (χ3v) is 5.76. The number of nitrogens with zero attached hydrogens (tertiary/aromatic N) is 1. The van der Waals surface area contributed by atoms with Crippen molar-refractivity contribution in [3.05, 3.63) is 10.1 Å². The summed E-state index contributed by atoms with van der Waals surface area (Å²) in [7, 11) is 0. The van der Waals surface area contributed by atoms with Gasteiger partial charge in [-0.2, -0.15) is 0 Å². The highest BCUT2D eigenvalue weighted by atomic mass is 16.9. The normalized spacial score (nSPS) is 11.7. The Balaban J connectivity index is 0. The summed E-state index contributed by atoms with van der Waals surface area (Å²) in [6, 6.07) is 0. The maximum absolute atomic E-state index is 8.36. The zero-order chi connectivity index (χ0) is 21.3. The second-order valence-electron chi connectivity index (χ2n) is 8.39. The third-order valence-electron chi connectivity index (χ3n) is 5.76. The molecule has 0 aromatic carbocycles. The fraction of sp³-hybridized carbons (Fsp3) is 1.00. The Morgan fingerprint density at radius 1 is 0.607 bits per heavy atom. The van der Waals surface area contributed by atoms with Gasteiger partial charge in [-0.05, 0) is 5.92 Å². The molecule has 0 heterocycles. The predicted molar refractivity (Wildman–Crippen MR) is 122 cm³/mol. The van der Waals surface area contributed by atoms with E-state index in [1.807, 2.05) is 0 Å². The smallest absolute Gasteiger partial charge is 0.291 e. The molecule has 0 radical (unpaired) electrons. The number of rotatable bonds is 20. The molecule has 1 atom stereocenters. The van der Waals surface area contributed by atoms with Gasteiger partial charge in [-0.15, -0.1) is 10.1 Å². The van der Waals surface area contributed by atoms with Crippen LogP contribution < -0.4 is 0 Å². The standard InChI is InChI=1S/C24H50.HNO3/c1-4-7-9-10-11-12-13-14-15-16-17-18-19-20-21-23-24(6-3)22-8-5-2;2-1(3)4/h24H,4-23H2,1-3H3;(H,2,3,4). The first-order valence-corrected chi connectivity index (χ1v) is 12.4. The highest BCUT2D eigenvalue weighted by Gasteiger charge is 2.04. The zero-order valence-corrected chi connectivity index (χ0v) is 19.4. The molecule has 0 aliphatic heterocycles. The lowest BCUT2D eigenvalue weighted by Gasteiger charge is -2.13. The van der Waals surface area contributed by atoms with Crippen LogP contribution in [0.5, 0.6) is 0 Å². The van der Waals surface area contributed by atoms with E-state index in [2.05, 4.69) is 20.8 Å². The molecule has 0 rings (SSSR count). The van der Waals surface area contributed by atoms with Crippen LogP contribution in [0.3, 0.4) is 0 Å². The second-order valence-corrected chi connectivity index (χ2v) is 8.39. The van der Waals surface area contributed by atoms with E-state index in [1.165, 1.54) is 128 Å². The van der Waals surface area contributed by atoms with Crippen molar-refractivity contribution < 1.29 is 10.3 Å². The van der Waals surface area contributed by atoms with E-state index in [1.54, 1.807) is 0 Å². The van der Waals surface area contributed by atoms with Crippen molar-refractivity contribution >= 4 is 0 Å². The lowest BCUT2D eigenvalue weighted by molar-refractivity contribution is -0.742. The Bertz CT molecular complexity index is 294.